The van der Waals surface area contributed by atoms with E-state index in [0.29, 0.717) is 5.69 Å². The Morgan fingerprint density at radius 3 is 2.45 bits per heavy atom. The molecule has 0 aliphatic heterocycles. The van der Waals surface area contributed by atoms with Crippen LogP contribution in [-0.4, -0.2) is 36.7 Å². The van der Waals surface area contributed by atoms with Crippen LogP contribution in [0.5, 0.6) is 0 Å². The first kappa shape index (κ1) is 20.1. The summed E-state index contributed by atoms with van der Waals surface area (Å²) in [6, 6.07) is 7.20. The molecule has 1 N–H and O–H groups in total. The summed E-state index contributed by atoms with van der Waals surface area (Å²) in [5, 5.41) is 2.67. The topological polar surface area (TPSA) is 117 Å². The molecule has 0 saturated carbocycles. The molecule has 10 nitrogen and oxygen atoms in total. The quantitative estimate of drug-likeness (QED) is 0.617. The molecule has 2 heterocycles. The van der Waals surface area contributed by atoms with Crippen molar-refractivity contribution in [1.29, 1.82) is 0 Å². The molecule has 152 valence electrons. The maximum Gasteiger partial charge on any atom is 0.332 e. The average Bonchev–Trinajstić information content (AvgIpc) is 3.09. The van der Waals surface area contributed by atoms with Gasteiger partial charge >= 0.3 is 11.7 Å². The first-order chi connectivity index (χ1) is 13.7. The van der Waals surface area contributed by atoms with Gasteiger partial charge in [-0.15, -0.1) is 0 Å². The predicted molar refractivity (Wildman–Crippen MR) is 106 cm³/mol. The van der Waals surface area contributed by atoms with E-state index in [-0.39, 0.29) is 17.7 Å². The van der Waals surface area contributed by atoms with Crippen molar-refractivity contribution < 1.29 is 14.3 Å². The minimum Gasteiger partial charge on any atom is -0.451 e. The van der Waals surface area contributed by atoms with Gasteiger partial charge in [0, 0.05) is 19.8 Å². The summed E-state index contributed by atoms with van der Waals surface area (Å²) in [5.74, 6) is -1.19. The smallest absolute Gasteiger partial charge is 0.332 e. The number of nitrogens with zero attached hydrogens (tertiary/aromatic N) is 4. The molecule has 0 aliphatic rings. The van der Waals surface area contributed by atoms with Crippen molar-refractivity contribution in [3.63, 3.8) is 0 Å². The summed E-state index contributed by atoms with van der Waals surface area (Å²) in [4.78, 5) is 52.9. The molecule has 3 aromatic rings. The van der Waals surface area contributed by atoms with Crippen LogP contribution in [0.15, 0.2) is 40.2 Å². The van der Waals surface area contributed by atoms with E-state index in [1.807, 2.05) is 19.1 Å². The molecule has 0 saturated heterocycles. The van der Waals surface area contributed by atoms with E-state index >= 15 is 0 Å². The van der Waals surface area contributed by atoms with Crippen LogP contribution >= 0.6 is 0 Å². The van der Waals surface area contributed by atoms with E-state index in [4.69, 9.17) is 4.74 Å². The number of esters is 1. The van der Waals surface area contributed by atoms with Gasteiger partial charge in [-0.25, -0.2) is 9.78 Å². The fourth-order valence-corrected chi connectivity index (χ4v) is 2.82. The van der Waals surface area contributed by atoms with Crippen molar-refractivity contribution >= 4 is 28.7 Å². The average molecular weight is 399 g/mol. The molecular formula is C19H21N5O5. The van der Waals surface area contributed by atoms with Crippen LogP contribution in [-0.2, 0) is 35.0 Å². The number of fused-ring (bicyclic) bond motifs is 1. The molecule has 29 heavy (non-hydrogen) atoms. The highest BCUT2D eigenvalue weighted by Gasteiger charge is 2.20. The molecule has 0 spiro atoms. The fraction of sp³-hybridized carbons (Fsp3) is 0.316. The van der Waals surface area contributed by atoms with Crippen LogP contribution < -0.4 is 16.6 Å². The molecule has 1 aromatic carbocycles. The lowest BCUT2D eigenvalue weighted by atomic mass is 10.2. The van der Waals surface area contributed by atoms with Crippen molar-refractivity contribution in [3.05, 3.63) is 57.0 Å². The Balaban J connectivity index is 1.72. The maximum absolute atomic E-state index is 12.4. The van der Waals surface area contributed by atoms with E-state index in [1.54, 1.807) is 12.1 Å². The standard InChI is InChI=1S/C19H21N5O5/c1-11-5-7-13(8-6-11)21-17(26)12(2)29-14(25)9-24-10-20-16-15(24)18(27)23(4)19(28)22(16)3/h5-8,10,12H,9H2,1-4H3,(H,21,26). The molecule has 3 rings (SSSR count). The monoisotopic (exact) mass is 399 g/mol. The molecule has 1 unspecified atom stereocenters. The number of nitrogens with one attached hydrogen (secondary N) is 1. The Morgan fingerprint density at radius 1 is 1.14 bits per heavy atom. The Hall–Kier alpha value is -3.69. The number of imidazole rings is 1. The third kappa shape index (κ3) is 3.96. The highest BCUT2D eigenvalue weighted by molar-refractivity contribution is 5.95. The SMILES string of the molecule is Cc1ccc(NC(=O)C(C)OC(=O)Cn2cnc3c2c(=O)n(C)c(=O)n3C)cc1. The highest BCUT2D eigenvalue weighted by atomic mass is 16.5. The number of hydrogen-bond donors (Lipinski definition) is 1. The van der Waals surface area contributed by atoms with Crippen molar-refractivity contribution in [2.45, 2.75) is 26.5 Å². The van der Waals surface area contributed by atoms with Gasteiger partial charge in [0.1, 0.15) is 6.54 Å². The Bertz CT molecular complexity index is 1200. The van der Waals surface area contributed by atoms with Gasteiger partial charge in [-0.2, -0.15) is 0 Å². The van der Waals surface area contributed by atoms with Crippen LogP contribution in [0.3, 0.4) is 0 Å². The third-order valence-corrected chi connectivity index (χ3v) is 4.51. The normalized spacial score (nSPS) is 12.0. The molecule has 1 amide bonds. The molecule has 0 aliphatic carbocycles. The van der Waals surface area contributed by atoms with Crippen molar-refractivity contribution in [2.75, 3.05) is 5.32 Å². The molecule has 0 fully saturated rings. The summed E-state index contributed by atoms with van der Waals surface area (Å²) >= 11 is 0. The number of hydrogen-bond acceptors (Lipinski definition) is 6. The highest BCUT2D eigenvalue weighted by Crippen LogP contribution is 2.10. The lowest BCUT2D eigenvalue weighted by Gasteiger charge is -2.14. The lowest BCUT2D eigenvalue weighted by Crippen LogP contribution is -2.38. The Labute approximate surface area is 165 Å². The van der Waals surface area contributed by atoms with Gasteiger partial charge in [0.05, 0.1) is 6.33 Å². The van der Waals surface area contributed by atoms with Gasteiger partial charge in [0.15, 0.2) is 17.3 Å². The zero-order valence-corrected chi connectivity index (χ0v) is 16.5. The van der Waals surface area contributed by atoms with Gasteiger partial charge in [0.2, 0.25) is 0 Å². The second-order valence-corrected chi connectivity index (χ2v) is 6.74. The molecule has 10 heteroatoms. The van der Waals surface area contributed by atoms with Gasteiger partial charge in [0.25, 0.3) is 11.5 Å². The van der Waals surface area contributed by atoms with E-state index in [1.165, 1.54) is 36.5 Å². The lowest BCUT2D eigenvalue weighted by molar-refractivity contribution is -0.153. The summed E-state index contributed by atoms with van der Waals surface area (Å²) in [6.45, 7) is 3.06. The Kier molecular flexibility index (Phi) is 5.35. The number of amides is 1. The number of rotatable bonds is 5. The molecular weight excluding hydrogens is 378 g/mol. The minimum absolute atomic E-state index is 0.100. The predicted octanol–water partition coefficient (Wildman–Crippen LogP) is 0.313. The van der Waals surface area contributed by atoms with Crippen LogP contribution in [0.1, 0.15) is 12.5 Å². The number of aryl methyl sites for hydroxylation is 2. The van der Waals surface area contributed by atoms with Crippen molar-refractivity contribution in [3.8, 4) is 0 Å². The summed E-state index contributed by atoms with van der Waals surface area (Å²) < 4.78 is 8.63. The molecule has 0 radical (unpaired) electrons. The number of carbonyl (C=O) groups excluding carboxylic acids is 2. The van der Waals surface area contributed by atoms with Crippen LogP contribution in [0.25, 0.3) is 11.2 Å². The van der Waals surface area contributed by atoms with E-state index in [2.05, 4.69) is 10.3 Å². The number of carbonyl (C=O) groups is 2. The summed E-state index contributed by atoms with van der Waals surface area (Å²) in [7, 11) is 2.83. The first-order valence-corrected chi connectivity index (χ1v) is 8.87. The zero-order valence-electron chi connectivity index (χ0n) is 16.5. The van der Waals surface area contributed by atoms with Crippen LogP contribution in [0.4, 0.5) is 5.69 Å². The van der Waals surface area contributed by atoms with E-state index in [0.717, 1.165) is 10.1 Å². The van der Waals surface area contributed by atoms with Gasteiger partial charge in [-0.05, 0) is 26.0 Å². The Morgan fingerprint density at radius 2 is 1.79 bits per heavy atom. The molecule has 0 bridgehead atoms. The van der Waals surface area contributed by atoms with E-state index in [9.17, 15) is 19.2 Å². The molecule has 2 aromatic heterocycles. The van der Waals surface area contributed by atoms with Crippen molar-refractivity contribution in [2.24, 2.45) is 14.1 Å². The largest absolute Gasteiger partial charge is 0.451 e. The summed E-state index contributed by atoms with van der Waals surface area (Å²) in [6.07, 6.45) is 0.245. The summed E-state index contributed by atoms with van der Waals surface area (Å²) in [5.41, 5.74) is 0.821. The third-order valence-electron chi connectivity index (χ3n) is 4.51. The number of ether oxygens (including phenoxy) is 1. The van der Waals surface area contributed by atoms with Crippen LogP contribution in [0.2, 0.25) is 0 Å². The number of benzene rings is 1. The zero-order chi connectivity index (χ0) is 21.3. The number of anilines is 1. The number of aromatic nitrogens is 4. The van der Waals surface area contributed by atoms with Crippen LogP contribution in [0, 0.1) is 6.92 Å². The van der Waals surface area contributed by atoms with Crippen molar-refractivity contribution in [1.82, 2.24) is 18.7 Å². The van der Waals surface area contributed by atoms with Gasteiger partial charge < -0.3 is 14.6 Å². The van der Waals surface area contributed by atoms with Gasteiger partial charge in [-0.3, -0.25) is 23.5 Å². The second kappa shape index (κ2) is 7.74. The van der Waals surface area contributed by atoms with E-state index < -0.39 is 29.2 Å². The second-order valence-electron chi connectivity index (χ2n) is 6.74. The molecule has 1 atom stereocenters. The minimum atomic E-state index is -1.04. The fourth-order valence-electron chi connectivity index (χ4n) is 2.82. The first-order valence-electron chi connectivity index (χ1n) is 8.87. The van der Waals surface area contributed by atoms with Gasteiger partial charge in [-0.1, -0.05) is 17.7 Å². The maximum atomic E-state index is 12.4.